The monoisotopic (exact) mass is 284 g/mol. The second kappa shape index (κ2) is 7.87. The van der Waals surface area contributed by atoms with E-state index in [0.29, 0.717) is 12.6 Å². The van der Waals surface area contributed by atoms with Crippen LogP contribution in [0.4, 0.5) is 4.79 Å². The average molecular weight is 284 g/mol. The van der Waals surface area contributed by atoms with Gasteiger partial charge in [0.2, 0.25) is 0 Å². The maximum absolute atomic E-state index is 12.1. The highest BCUT2D eigenvalue weighted by Gasteiger charge is 2.24. The highest BCUT2D eigenvalue weighted by atomic mass is 16.3. The van der Waals surface area contributed by atoms with Crippen molar-refractivity contribution in [2.24, 2.45) is 11.3 Å². The second-order valence-electron chi connectivity index (χ2n) is 7.18. The minimum Gasteiger partial charge on any atom is -0.396 e. The van der Waals surface area contributed by atoms with Gasteiger partial charge in [-0.2, -0.15) is 0 Å². The Morgan fingerprint density at radius 3 is 2.45 bits per heavy atom. The molecule has 2 N–H and O–H groups in total. The molecule has 1 aliphatic rings. The van der Waals surface area contributed by atoms with Crippen molar-refractivity contribution in [2.45, 2.75) is 65.3 Å². The zero-order valence-electron chi connectivity index (χ0n) is 13.6. The maximum atomic E-state index is 12.1. The number of urea groups is 1. The van der Waals surface area contributed by atoms with Gasteiger partial charge in [0.1, 0.15) is 0 Å². The summed E-state index contributed by atoms with van der Waals surface area (Å²) in [6.07, 6.45) is 6.55. The van der Waals surface area contributed by atoms with Gasteiger partial charge in [0, 0.05) is 26.2 Å². The van der Waals surface area contributed by atoms with Gasteiger partial charge < -0.3 is 15.3 Å². The molecule has 0 aliphatic heterocycles. The number of nitrogens with zero attached hydrogens (tertiary/aromatic N) is 1. The van der Waals surface area contributed by atoms with Gasteiger partial charge in [-0.3, -0.25) is 0 Å². The van der Waals surface area contributed by atoms with Crippen LogP contribution < -0.4 is 5.32 Å². The van der Waals surface area contributed by atoms with E-state index in [2.05, 4.69) is 12.2 Å². The lowest BCUT2D eigenvalue weighted by molar-refractivity contribution is 0.146. The summed E-state index contributed by atoms with van der Waals surface area (Å²) in [7, 11) is 1.91. The molecule has 0 saturated heterocycles. The number of carbonyl (C=O) groups is 1. The molecule has 1 aliphatic carbocycles. The lowest BCUT2D eigenvalue weighted by Crippen LogP contribution is -2.45. The molecule has 0 atom stereocenters. The summed E-state index contributed by atoms with van der Waals surface area (Å²) in [5.74, 6) is 0.809. The van der Waals surface area contributed by atoms with Gasteiger partial charge in [0.25, 0.3) is 0 Å². The van der Waals surface area contributed by atoms with E-state index >= 15 is 0 Å². The Labute approximate surface area is 123 Å². The normalized spacial score (nSPS) is 23.4. The van der Waals surface area contributed by atoms with E-state index < -0.39 is 0 Å². The third kappa shape index (κ3) is 5.70. The fraction of sp³-hybridized carbons (Fsp3) is 0.938. The molecule has 0 radical (unpaired) electrons. The first kappa shape index (κ1) is 17.3. The summed E-state index contributed by atoms with van der Waals surface area (Å²) in [4.78, 5) is 14.0. The Morgan fingerprint density at radius 1 is 1.30 bits per heavy atom. The standard InChI is InChI=1S/C16H32N2O2/c1-13-6-8-14(9-7-13)18(4)15(20)17-11-5-10-16(2,3)12-19/h13-14,19H,5-12H2,1-4H3,(H,17,20). The average Bonchev–Trinajstić information content (AvgIpc) is 2.43. The first-order valence-electron chi connectivity index (χ1n) is 7.97. The van der Waals surface area contributed by atoms with E-state index in [-0.39, 0.29) is 18.1 Å². The summed E-state index contributed by atoms with van der Waals surface area (Å²) < 4.78 is 0. The van der Waals surface area contributed by atoms with E-state index in [9.17, 15) is 9.90 Å². The van der Waals surface area contributed by atoms with Crippen LogP contribution in [0.5, 0.6) is 0 Å². The first-order chi connectivity index (χ1) is 9.35. The van der Waals surface area contributed by atoms with Crippen molar-refractivity contribution >= 4 is 6.03 Å². The Balaban J connectivity index is 2.22. The fourth-order valence-corrected chi connectivity index (χ4v) is 2.76. The minimum atomic E-state index is -0.0455. The molecule has 0 aromatic carbocycles. The molecule has 0 unspecified atom stereocenters. The number of aliphatic hydroxyl groups excluding tert-OH is 1. The van der Waals surface area contributed by atoms with E-state index in [1.54, 1.807) is 0 Å². The largest absolute Gasteiger partial charge is 0.396 e. The highest BCUT2D eigenvalue weighted by molar-refractivity contribution is 5.74. The first-order valence-corrected chi connectivity index (χ1v) is 7.97. The molecule has 1 fully saturated rings. The zero-order chi connectivity index (χ0) is 15.2. The van der Waals surface area contributed by atoms with Crippen molar-refractivity contribution < 1.29 is 9.90 Å². The molecule has 0 aromatic heterocycles. The van der Waals surface area contributed by atoms with Crippen molar-refractivity contribution in [3.8, 4) is 0 Å². The number of nitrogens with one attached hydrogen (secondary N) is 1. The van der Waals surface area contributed by atoms with Crippen molar-refractivity contribution in [3.63, 3.8) is 0 Å². The summed E-state index contributed by atoms with van der Waals surface area (Å²) in [5, 5.41) is 12.2. The Hall–Kier alpha value is -0.770. The molecule has 4 heteroatoms. The van der Waals surface area contributed by atoms with E-state index in [0.717, 1.165) is 31.6 Å². The zero-order valence-corrected chi connectivity index (χ0v) is 13.6. The quantitative estimate of drug-likeness (QED) is 0.737. The SMILES string of the molecule is CC1CCC(N(C)C(=O)NCCCC(C)(C)CO)CC1. The predicted octanol–water partition coefficient (Wildman–Crippen LogP) is 3.01. The molecule has 0 spiro atoms. The number of hydrogen-bond donors (Lipinski definition) is 2. The summed E-state index contributed by atoms with van der Waals surface area (Å²) in [6.45, 7) is 7.27. The number of aliphatic hydroxyl groups is 1. The molecule has 118 valence electrons. The smallest absolute Gasteiger partial charge is 0.317 e. The lowest BCUT2D eigenvalue weighted by Gasteiger charge is -2.33. The van der Waals surface area contributed by atoms with Crippen LogP contribution in [0, 0.1) is 11.3 Å². The summed E-state index contributed by atoms with van der Waals surface area (Å²) in [5.41, 5.74) is -0.0455. The number of carbonyl (C=O) groups excluding carboxylic acids is 1. The van der Waals surface area contributed by atoms with Crippen molar-refractivity contribution in [1.29, 1.82) is 0 Å². The van der Waals surface area contributed by atoms with Crippen LogP contribution >= 0.6 is 0 Å². The van der Waals surface area contributed by atoms with Crippen LogP contribution in [-0.4, -0.2) is 42.3 Å². The third-order valence-corrected chi connectivity index (χ3v) is 4.59. The van der Waals surface area contributed by atoms with Crippen molar-refractivity contribution in [2.75, 3.05) is 20.2 Å². The molecule has 4 nitrogen and oxygen atoms in total. The number of hydrogen-bond acceptors (Lipinski definition) is 2. The van der Waals surface area contributed by atoms with E-state index in [1.807, 2.05) is 25.8 Å². The molecule has 0 bridgehead atoms. The molecule has 0 aromatic rings. The maximum Gasteiger partial charge on any atom is 0.317 e. The fourth-order valence-electron chi connectivity index (χ4n) is 2.76. The van der Waals surface area contributed by atoms with Crippen LogP contribution in [-0.2, 0) is 0 Å². The van der Waals surface area contributed by atoms with Crippen molar-refractivity contribution in [1.82, 2.24) is 10.2 Å². The third-order valence-electron chi connectivity index (χ3n) is 4.59. The van der Waals surface area contributed by atoms with Gasteiger partial charge in [-0.15, -0.1) is 0 Å². The van der Waals surface area contributed by atoms with E-state index in [1.165, 1.54) is 12.8 Å². The molecule has 20 heavy (non-hydrogen) atoms. The topological polar surface area (TPSA) is 52.6 Å². The predicted molar refractivity (Wildman–Crippen MR) is 82.7 cm³/mol. The molecular formula is C16H32N2O2. The molecule has 0 heterocycles. The number of amides is 2. The van der Waals surface area contributed by atoms with Crippen LogP contribution in [0.2, 0.25) is 0 Å². The van der Waals surface area contributed by atoms with Crippen molar-refractivity contribution in [3.05, 3.63) is 0 Å². The Kier molecular flexibility index (Phi) is 6.80. The van der Waals surface area contributed by atoms with Gasteiger partial charge in [-0.1, -0.05) is 20.8 Å². The molecule has 2 amide bonds. The lowest BCUT2D eigenvalue weighted by atomic mass is 9.87. The van der Waals surface area contributed by atoms with Crippen LogP contribution in [0.1, 0.15) is 59.3 Å². The van der Waals surface area contributed by atoms with Crippen LogP contribution in [0.25, 0.3) is 0 Å². The van der Waals surface area contributed by atoms with Gasteiger partial charge >= 0.3 is 6.03 Å². The van der Waals surface area contributed by atoms with Crippen LogP contribution in [0.3, 0.4) is 0 Å². The second-order valence-corrected chi connectivity index (χ2v) is 7.18. The summed E-state index contributed by atoms with van der Waals surface area (Å²) in [6, 6.07) is 0.450. The highest BCUT2D eigenvalue weighted by Crippen LogP contribution is 2.26. The Morgan fingerprint density at radius 2 is 1.90 bits per heavy atom. The van der Waals surface area contributed by atoms with Crippen LogP contribution in [0.15, 0.2) is 0 Å². The van der Waals surface area contributed by atoms with Gasteiger partial charge in [0.05, 0.1) is 0 Å². The molecule has 1 rings (SSSR count). The molecule has 1 saturated carbocycles. The summed E-state index contributed by atoms with van der Waals surface area (Å²) >= 11 is 0. The minimum absolute atomic E-state index is 0.0455. The van der Waals surface area contributed by atoms with Gasteiger partial charge in [0.15, 0.2) is 0 Å². The van der Waals surface area contributed by atoms with Gasteiger partial charge in [-0.05, 0) is 49.9 Å². The van der Waals surface area contributed by atoms with Gasteiger partial charge in [-0.25, -0.2) is 4.79 Å². The molecular weight excluding hydrogens is 252 g/mol. The number of rotatable bonds is 6. The van der Waals surface area contributed by atoms with E-state index in [4.69, 9.17) is 0 Å². The Bertz CT molecular complexity index is 297.